The van der Waals surface area contributed by atoms with Gasteiger partial charge in [-0.2, -0.15) is 0 Å². The Labute approximate surface area is 143 Å². The summed E-state index contributed by atoms with van der Waals surface area (Å²) in [6.07, 6.45) is 9.30. The second-order valence-electron chi connectivity index (χ2n) is 6.97. The molecule has 2 aliphatic rings. The van der Waals surface area contributed by atoms with Crippen LogP contribution in [0.15, 0.2) is 18.3 Å². The number of hydrogen-bond donors (Lipinski definition) is 0. The molecule has 0 N–H and O–H groups in total. The van der Waals surface area contributed by atoms with E-state index in [9.17, 15) is 0 Å². The van der Waals surface area contributed by atoms with E-state index in [0.29, 0.717) is 11.9 Å². The molecule has 0 radical (unpaired) electrons. The van der Waals surface area contributed by atoms with Gasteiger partial charge in [0.25, 0.3) is 0 Å². The van der Waals surface area contributed by atoms with Crippen molar-refractivity contribution in [3.63, 3.8) is 0 Å². The number of pyridine rings is 1. The van der Waals surface area contributed by atoms with Crippen molar-refractivity contribution in [3.8, 4) is 5.88 Å². The van der Waals surface area contributed by atoms with E-state index in [1.807, 2.05) is 12.3 Å². The summed E-state index contributed by atoms with van der Waals surface area (Å²) in [5, 5.41) is 0. The van der Waals surface area contributed by atoms with Crippen LogP contribution in [0, 0.1) is 0 Å². The molecule has 3 heterocycles. The number of methoxy groups -OCH3 is 1. The van der Waals surface area contributed by atoms with Crippen LogP contribution in [0.25, 0.3) is 0 Å². The molecule has 24 heavy (non-hydrogen) atoms. The van der Waals surface area contributed by atoms with Crippen LogP contribution >= 0.6 is 0 Å². The quantitative estimate of drug-likeness (QED) is 0.866. The fraction of sp³-hybridized carbons (Fsp3) is 0.579. The maximum atomic E-state index is 5.15. The van der Waals surface area contributed by atoms with Crippen LogP contribution in [-0.2, 0) is 26.4 Å². The SMILES string of the molecule is COc1ccc(CN2CCCC2c2nc3c(n2C)CCCC3)cn1. The number of fused-ring (bicyclic) bond motifs is 1. The maximum Gasteiger partial charge on any atom is 0.212 e. The van der Waals surface area contributed by atoms with Crippen molar-refractivity contribution in [1.29, 1.82) is 0 Å². The lowest BCUT2D eigenvalue weighted by molar-refractivity contribution is 0.236. The Kier molecular flexibility index (Phi) is 4.27. The average molecular weight is 326 g/mol. The summed E-state index contributed by atoms with van der Waals surface area (Å²) in [5.74, 6) is 1.94. The molecular weight excluding hydrogens is 300 g/mol. The molecule has 2 aromatic heterocycles. The Morgan fingerprint density at radius 3 is 2.83 bits per heavy atom. The first-order valence-corrected chi connectivity index (χ1v) is 9.03. The molecular formula is C19H26N4O. The highest BCUT2D eigenvalue weighted by Gasteiger charge is 2.31. The highest BCUT2D eigenvalue weighted by atomic mass is 16.5. The molecule has 1 fully saturated rings. The smallest absolute Gasteiger partial charge is 0.212 e. The number of aromatic nitrogens is 3. The van der Waals surface area contributed by atoms with E-state index in [1.165, 1.54) is 54.9 Å². The molecule has 5 heteroatoms. The third-order valence-corrected chi connectivity index (χ3v) is 5.46. The van der Waals surface area contributed by atoms with Crippen LogP contribution in [0.3, 0.4) is 0 Å². The molecule has 1 unspecified atom stereocenters. The van der Waals surface area contributed by atoms with Gasteiger partial charge in [0.2, 0.25) is 5.88 Å². The summed E-state index contributed by atoms with van der Waals surface area (Å²) < 4.78 is 7.53. The van der Waals surface area contributed by atoms with E-state index in [4.69, 9.17) is 9.72 Å². The largest absolute Gasteiger partial charge is 0.481 e. The van der Waals surface area contributed by atoms with Crippen molar-refractivity contribution in [3.05, 3.63) is 41.1 Å². The Morgan fingerprint density at radius 1 is 1.21 bits per heavy atom. The molecule has 2 aromatic rings. The van der Waals surface area contributed by atoms with Crippen molar-refractivity contribution in [1.82, 2.24) is 19.4 Å². The van der Waals surface area contributed by atoms with Crippen LogP contribution in [0.4, 0.5) is 0 Å². The second kappa shape index (κ2) is 6.55. The minimum atomic E-state index is 0.433. The van der Waals surface area contributed by atoms with E-state index < -0.39 is 0 Å². The summed E-state index contributed by atoms with van der Waals surface area (Å²) in [7, 11) is 3.86. The van der Waals surface area contributed by atoms with Crippen LogP contribution in [0.2, 0.25) is 0 Å². The summed E-state index contributed by atoms with van der Waals surface area (Å²) >= 11 is 0. The number of aryl methyl sites for hydroxylation is 1. The van der Waals surface area contributed by atoms with Gasteiger partial charge in [-0.05, 0) is 50.6 Å². The molecule has 0 bridgehead atoms. The van der Waals surface area contributed by atoms with Crippen molar-refractivity contribution in [2.24, 2.45) is 7.05 Å². The molecule has 5 nitrogen and oxygen atoms in total. The summed E-state index contributed by atoms with van der Waals surface area (Å²) in [4.78, 5) is 11.9. The summed E-state index contributed by atoms with van der Waals surface area (Å²) in [6.45, 7) is 2.06. The van der Waals surface area contributed by atoms with Crippen LogP contribution < -0.4 is 4.74 Å². The van der Waals surface area contributed by atoms with Gasteiger partial charge in [-0.3, -0.25) is 4.90 Å². The van der Waals surface area contributed by atoms with E-state index in [-0.39, 0.29) is 0 Å². The molecule has 128 valence electrons. The zero-order chi connectivity index (χ0) is 16.5. The third-order valence-electron chi connectivity index (χ3n) is 5.46. The molecule has 0 amide bonds. The molecule has 4 rings (SSSR count). The zero-order valence-electron chi connectivity index (χ0n) is 14.7. The molecule has 1 aliphatic carbocycles. The van der Waals surface area contributed by atoms with Crippen LogP contribution in [-0.4, -0.2) is 33.1 Å². The lowest BCUT2D eigenvalue weighted by Gasteiger charge is -2.24. The standard InChI is InChI=1S/C19H26N4O/c1-22-16-7-4-3-6-15(16)21-19(22)17-8-5-11-23(17)13-14-9-10-18(24-2)20-12-14/h9-10,12,17H,3-8,11,13H2,1-2H3. The predicted octanol–water partition coefficient (Wildman–Crippen LogP) is 3.04. The fourth-order valence-electron chi connectivity index (χ4n) is 4.17. The second-order valence-corrected chi connectivity index (χ2v) is 6.97. The van der Waals surface area contributed by atoms with Gasteiger partial charge in [0.05, 0.1) is 18.8 Å². The van der Waals surface area contributed by atoms with Crippen molar-refractivity contribution >= 4 is 0 Å². The van der Waals surface area contributed by atoms with Gasteiger partial charge < -0.3 is 9.30 Å². The highest BCUT2D eigenvalue weighted by Crippen LogP contribution is 2.34. The fourth-order valence-corrected chi connectivity index (χ4v) is 4.17. The predicted molar refractivity (Wildman–Crippen MR) is 93.0 cm³/mol. The highest BCUT2D eigenvalue weighted by molar-refractivity contribution is 5.23. The number of imidazole rings is 1. The number of rotatable bonds is 4. The monoisotopic (exact) mass is 326 g/mol. The summed E-state index contributed by atoms with van der Waals surface area (Å²) in [5.41, 5.74) is 4.05. The summed E-state index contributed by atoms with van der Waals surface area (Å²) in [6, 6.07) is 4.49. The average Bonchev–Trinajstić information content (AvgIpc) is 3.20. The Bertz CT molecular complexity index is 707. The first-order chi connectivity index (χ1) is 11.8. The molecule has 1 aliphatic heterocycles. The van der Waals surface area contributed by atoms with Crippen molar-refractivity contribution in [2.75, 3.05) is 13.7 Å². The van der Waals surface area contributed by atoms with E-state index in [0.717, 1.165) is 19.5 Å². The third kappa shape index (κ3) is 2.81. The van der Waals surface area contributed by atoms with Crippen LogP contribution in [0.1, 0.15) is 54.5 Å². The number of hydrogen-bond acceptors (Lipinski definition) is 4. The molecule has 1 saturated heterocycles. The minimum absolute atomic E-state index is 0.433. The maximum absolute atomic E-state index is 5.15. The van der Waals surface area contributed by atoms with Crippen molar-refractivity contribution < 1.29 is 4.74 Å². The van der Waals surface area contributed by atoms with Gasteiger partial charge in [0.15, 0.2) is 0 Å². The van der Waals surface area contributed by atoms with Gasteiger partial charge in [-0.1, -0.05) is 6.07 Å². The first kappa shape index (κ1) is 15.6. The topological polar surface area (TPSA) is 43.2 Å². The Balaban J connectivity index is 1.55. The molecule has 0 saturated carbocycles. The van der Waals surface area contributed by atoms with E-state index in [2.05, 4.69) is 27.6 Å². The van der Waals surface area contributed by atoms with Gasteiger partial charge in [0, 0.05) is 31.5 Å². The van der Waals surface area contributed by atoms with Gasteiger partial charge >= 0.3 is 0 Å². The van der Waals surface area contributed by atoms with Crippen molar-refractivity contribution in [2.45, 2.75) is 51.1 Å². The van der Waals surface area contributed by atoms with Gasteiger partial charge in [-0.15, -0.1) is 0 Å². The normalized spacial score (nSPS) is 21.0. The van der Waals surface area contributed by atoms with Gasteiger partial charge in [-0.25, -0.2) is 9.97 Å². The first-order valence-electron chi connectivity index (χ1n) is 9.03. The molecule has 1 atom stereocenters. The van der Waals surface area contributed by atoms with Crippen LogP contribution in [0.5, 0.6) is 5.88 Å². The minimum Gasteiger partial charge on any atom is -0.481 e. The molecule has 0 aromatic carbocycles. The number of ether oxygens (including phenoxy) is 1. The zero-order valence-corrected chi connectivity index (χ0v) is 14.7. The Morgan fingerprint density at radius 2 is 2.08 bits per heavy atom. The Hall–Kier alpha value is -1.88. The lowest BCUT2D eigenvalue weighted by atomic mass is 10.0. The van der Waals surface area contributed by atoms with E-state index in [1.54, 1.807) is 7.11 Å². The van der Waals surface area contributed by atoms with Gasteiger partial charge in [0.1, 0.15) is 5.82 Å². The van der Waals surface area contributed by atoms with E-state index >= 15 is 0 Å². The molecule has 0 spiro atoms. The number of nitrogens with zero attached hydrogens (tertiary/aromatic N) is 4. The number of likely N-dealkylation sites (tertiary alicyclic amines) is 1. The lowest BCUT2D eigenvalue weighted by Crippen LogP contribution is -2.25.